The van der Waals surface area contributed by atoms with Crippen molar-refractivity contribution in [3.05, 3.63) is 48.0 Å². The van der Waals surface area contributed by atoms with Crippen LogP contribution in [0.4, 0.5) is 0 Å². The van der Waals surface area contributed by atoms with Gasteiger partial charge in [0.2, 0.25) is 0 Å². The number of methoxy groups -OCH3 is 3. The van der Waals surface area contributed by atoms with Crippen LogP contribution in [0.25, 0.3) is 0 Å². The lowest BCUT2D eigenvalue weighted by atomic mass is 10.1. The summed E-state index contributed by atoms with van der Waals surface area (Å²) in [5, 5.41) is 17.1. The van der Waals surface area contributed by atoms with Crippen LogP contribution in [0.5, 0.6) is 23.0 Å². The Morgan fingerprint density at radius 1 is 0.968 bits per heavy atom. The zero-order valence-electron chi connectivity index (χ0n) is 18.8. The molecule has 31 heavy (non-hydrogen) atoms. The maximum absolute atomic E-state index is 10.7. The van der Waals surface area contributed by atoms with Gasteiger partial charge in [-0.15, -0.1) is 0 Å². The average molecular weight is 432 g/mol. The average Bonchev–Trinajstić information content (AvgIpc) is 2.80. The van der Waals surface area contributed by atoms with E-state index in [-0.39, 0.29) is 12.6 Å². The largest absolute Gasteiger partial charge is 0.497 e. The third-order valence-corrected chi connectivity index (χ3v) is 4.52. The van der Waals surface area contributed by atoms with Crippen molar-refractivity contribution in [1.29, 1.82) is 0 Å². The Kier molecular flexibility index (Phi) is 9.77. The van der Waals surface area contributed by atoms with E-state index in [1.54, 1.807) is 39.5 Å². The van der Waals surface area contributed by atoms with Gasteiger partial charge in [0, 0.05) is 12.1 Å². The molecule has 0 heterocycles. The second-order valence-electron chi connectivity index (χ2n) is 6.80. The minimum atomic E-state index is -0.845. The number of guanidine groups is 1. The number of benzene rings is 2. The molecule has 2 unspecified atom stereocenters. The molecule has 0 aliphatic rings. The monoisotopic (exact) mass is 431 g/mol. The molecule has 170 valence electrons. The molecule has 0 aromatic heterocycles. The van der Waals surface area contributed by atoms with Gasteiger partial charge in [0.05, 0.1) is 34.4 Å². The summed E-state index contributed by atoms with van der Waals surface area (Å²) in [6.07, 6.45) is -0.980. The first kappa shape index (κ1) is 24.1. The van der Waals surface area contributed by atoms with Gasteiger partial charge in [0.1, 0.15) is 23.7 Å². The van der Waals surface area contributed by atoms with E-state index in [2.05, 4.69) is 15.6 Å². The van der Waals surface area contributed by atoms with E-state index >= 15 is 0 Å². The summed E-state index contributed by atoms with van der Waals surface area (Å²) in [7, 11) is 4.76. The van der Waals surface area contributed by atoms with E-state index < -0.39 is 6.10 Å². The summed E-state index contributed by atoms with van der Waals surface area (Å²) in [6.45, 7) is 5.29. The molecule has 2 aromatic rings. The first-order valence-corrected chi connectivity index (χ1v) is 10.2. The standard InChI is InChI=1S/C23H33N3O5/c1-6-24-23(25-14-16(2)31-22-10-8-7-9-21(22)30-5)26-15-19(27)18-13-17(28-3)11-12-20(18)29-4/h7-13,16,19,27H,6,14-15H2,1-5H3,(H2,24,25,26). The Hall–Kier alpha value is -3.13. The normalized spacial score (nSPS) is 13.2. The molecule has 0 saturated heterocycles. The van der Waals surface area contributed by atoms with Crippen molar-refractivity contribution in [2.75, 3.05) is 41.0 Å². The highest BCUT2D eigenvalue weighted by atomic mass is 16.5. The Morgan fingerprint density at radius 2 is 1.68 bits per heavy atom. The van der Waals surface area contributed by atoms with Crippen molar-refractivity contribution in [1.82, 2.24) is 10.6 Å². The third kappa shape index (κ3) is 7.25. The van der Waals surface area contributed by atoms with Crippen molar-refractivity contribution < 1.29 is 24.1 Å². The molecular weight excluding hydrogens is 398 g/mol. The number of nitrogens with one attached hydrogen (secondary N) is 2. The molecule has 0 aliphatic heterocycles. The SMILES string of the molecule is CCNC(=NCC(O)c1cc(OC)ccc1OC)NCC(C)Oc1ccccc1OC. The van der Waals surface area contributed by atoms with Gasteiger partial charge in [-0.3, -0.25) is 4.99 Å². The van der Waals surface area contributed by atoms with Crippen molar-refractivity contribution >= 4 is 5.96 Å². The Labute approximate surface area is 184 Å². The van der Waals surface area contributed by atoms with Gasteiger partial charge in [0.25, 0.3) is 0 Å². The zero-order valence-corrected chi connectivity index (χ0v) is 18.8. The van der Waals surface area contributed by atoms with Crippen LogP contribution in [0.2, 0.25) is 0 Å². The lowest BCUT2D eigenvalue weighted by Gasteiger charge is -2.19. The molecule has 8 nitrogen and oxygen atoms in total. The Bertz CT molecular complexity index is 844. The molecule has 8 heteroatoms. The van der Waals surface area contributed by atoms with Crippen LogP contribution in [0.3, 0.4) is 0 Å². The molecule has 2 atom stereocenters. The summed E-state index contributed by atoms with van der Waals surface area (Å²) < 4.78 is 21.9. The minimum absolute atomic E-state index is 0.136. The molecule has 0 spiro atoms. The number of aliphatic hydroxyl groups is 1. The molecular formula is C23H33N3O5. The number of para-hydroxylation sites is 2. The second-order valence-corrected chi connectivity index (χ2v) is 6.80. The fourth-order valence-electron chi connectivity index (χ4n) is 2.93. The second kappa shape index (κ2) is 12.5. The number of hydrogen-bond acceptors (Lipinski definition) is 6. The van der Waals surface area contributed by atoms with E-state index in [9.17, 15) is 5.11 Å². The number of aliphatic imine (C=N–C) groups is 1. The quantitative estimate of drug-likeness (QED) is 0.372. The lowest BCUT2D eigenvalue weighted by molar-refractivity contribution is 0.182. The van der Waals surface area contributed by atoms with Crippen molar-refractivity contribution in [3.8, 4) is 23.0 Å². The van der Waals surface area contributed by atoms with Crippen molar-refractivity contribution in [2.24, 2.45) is 4.99 Å². The van der Waals surface area contributed by atoms with Crippen LogP contribution in [0, 0.1) is 0 Å². The highest BCUT2D eigenvalue weighted by Gasteiger charge is 2.15. The minimum Gasteiger partial charge on any atom is -0.497 e. The van der Waals surface area contributed by atoms with Crippen LogP contribution < -0.4 is 29.6 Å². The van der Waals surface area contributed by atoms with Gasteiger partial charge in [0.15, 0.2) is 17.5 Å². The zero-order chi connectivity index (χ0) is 22.6. The summed E-state index contributed by atoms with van der Waals surface area (Å²) in [5.41, 5.74) is 0.620. The topological polar surface area (TPSA) is 93.6 Å². The summed E-state index contributed by atoms with van der Waals surface area (Å²) in [4.78, 5) is 4.50. The van der Waals surface area contributed by atoms with E-state index in [1.165, 1.54) is 0 Å². The number of hydrogen-bond donors (Lipinski definition) is 3. The highest BCUT2D eigenvalue weighted by molar-refractivity contribution is 5.79. The molecule has 0 radical (unpaired) electrons. The first-order chi connectivity index (χ1) is 15.0. The van der Waals surface area contributed by atoms with Crippen LogP contribution in [-0.4, -0.2) is 58.1 Å². The summed E-state index contributed by atoms with van der Waals surface area (Å²) in [5.74, 6) is 3.18. The molecule has 0 amide bonds. The Morgan fingerprint density at radius 3 is 2.32 bits per heavy atom. The fraction of sp³-hybridized carbons (Fsp3) is 0.435. The van der Waals surface area contributed by atoms with Gasteiger partial charge in [-0.05, 0) is 44.2 Å². The predicted octanol–water partition coefficient (Wildman–Crippen LogP) is 2.77. The smallest absolute Gasteiger partial charge is 0.191 e. The lowest BCUT2D eigenvalue weighted by Crippen LogP contribution is -2.42. The first-order valence-electron chi connectivity index (χ1n) is 10.2. The van der Waals surface area contributed by atoms with Crippen LogP contribution in [-0.2, 0) is 0 Å². The fourth-order valence-corrected chi connectivity index (χ4v) is 2.93. The maximum atomic E-state index is 10.7. The van der Waals surface area contributed by atoms with E-state index in [1.807, 2.05) is 38.1 Å². The molecule has 3 N–H and O–H groups in total. The molecule has 0 fully saturated rings. The maximum Gasteiger partial charge on any atom is 0.191 e. The summed E-state index contributed by atoms with van der Waals surface area (Å²) >= 11 is 0. The highest BCUT2D eigenvalue weighted by Crippen LogP contribution is 2.29. The van der Waals surface area contributed by atoms with E-state index in [4.69, 9.17) is 18.9 Å². The molecule has 0 bridgehead atoms. The van der Waals surface area contributed by atoms with Gasteiger partial charge in [-0.2, -0.15) is 0 Å². The van der Waals surface area contributed by atoms with E-state index in [0.29, 0.717) is 47.6 Å². The van der Waals surface area contributed by atoms with Crippen molar-refractivity contribution in [3.63, 3.8) is 0 Å². The van der Waals surface area contributed by atoms with Crippen molar-refractivity contribution in [2.45, 2.75) is 26.1 Å². The van der Waals surface area contributed by atoms with Crippen LogP contribution in [0.15, 0.2) is 47.5 Å². The van der Waals surface area contributed by atoms with Gasteiger partial charge < -0.3 is 34.7 Å². The van der Waals surface area contributed by atoms with Gasteiger partial charge >= 0.3 is 0 Å². The number of rotatable bonds is 11. The van der Waals surface area contributed by atoms with Crippen LogP contribution in [0.1, 0.15) is 25.5 Å². The molecule has 0 aliphatic carbocycles. The number of aliphatic hydroxyl groups excluding tert-OH is 1. The molecule has 0 saturated carbocycles. The predicted molar refractivity (Wildman–Crippen MR) is 122 cm³/mol. The van der Waals surface area contributed by atoms with E-state index in [0.717, 1.165) is 0 Å². The van der Waals surface area contributed by atoms with Gasteiger partial charge in [-0.1, -0.05) is 12.1 Å². The molecule has 2 aromatic carbocycles. The number of ether oxygens (including phenoxy) is 4. The Balaban J connectivity index is 2.00. The van der Waals surface area contributed by atoms with Crippen LogP contribution >= 0.6 is 0 Å². The third-order valence-electron chi connectivity index (χ3n) is 4.52. The molecule has 2 rings (SSSR count). The summed E-state index contributed by atoms with van der Waals surface area (Å²) in [6, 6.07) is 12.8. The number of nitrogens with zero attached hydrogens (tertiary/aromatic N) is 1. The van der Waals surface area contributed by atoms with Gasteiger partial charge in [-0.25, -0.2) is 0 Å².